The second-order valence-electron chi connectivity index (χ2n) is 8.90. The molecule has 1 N–H and O–H groups in total. The van der Waals surface area contributed by atoms with Crippen LogP contribution in [0.15, 0.2) is 6.07 Å². The summed E-state index contributed by atoms with van der Waals surface area (Å²) in [7, 11) is 0. The maximum Gasteiger partial charge on any atom is 0.263 e. The molecule has 1 aromatic rings. The Balaban J connectivity index is 1.26. The van der Waals surface area contributed by atoms with E-state index in [2.05, 4.69) is 16.3 Å². The maximum absolute atomic E-state index is 12.9. The van der Waals surface area contributed by atoms with Crippen molar-refractivity contribution >= 4 is 23.2 Å². The Morgan fingerprint density at radius 1 is 1.03 bits per heavy atom. The van der Waals surface area contributed by atoms with Crippen molar-refractivity contribution in [2.24, 2.45) is 5.92 Å². The first-order valence-corrected chi connectivity index (χ1v) is 12.4. The lowest BCUT2D eigenvalue weighted by Crippen LogP contribution is -2.35. The lowest BCUT2D eigenvalue weighted by Gasteiger charge is -2.21. The molecule has 3 heterocycles. The second-order valence-corrected chi connectivity index (χ2v) is 10.0. The summed E-state index contributed by atoms with van der Waals surface area (Å²) in [5, 5.41) is 3.16. The van der Waals surface area contributed by atoms with Crippen LogP contribution < -0.4 is 5.32 Å². The molecule has 5 nitrogen and oxygen atoms in total. The highest BCUT2D eigenvalue weighted by atomic mass is 32.1. The number of rotatable bonds is 6. The van der Waals surface area contributed by atoms with Gasteiger partial charge >= 0.3 is 0 Å². The molecule has 1 aromatic heterocycles. The van der Waals surface area contributed by atoms with E-state index in [4.69, 9.17) is 0 Å². The van der Waals surface area contributed by atoms with Gasteiger partial charge in [0.25, 0.3) is 5.91 Å². The normalized spacial score (nSPS) is 22.9. The highest BCUT2D eigenvalue weighted by molar-refractivity contribution is 7.14. The van der Waals surface area contributed by atoms with Crippen LogP contribution in [0.1, 0.15) is 71.5 Å². The van der Waals surface area contributed by atoms with Gasteiger partial charge in [0.2, 0.25) is 5.91 Å². The van der Waals surface area contributed by atoms with Gasteiger partial charge in [-0.15, -0.1) is 11.3 Å². The zero-order valence-electron chi connectivity index (χ0n) is 17.6. The molecule has 4 rings (SSSR count). The van der Waals surface area contributed by atoms with E-state index in [1.165, 1.54) is 49.2 Å². The molecule has 0 unspecified atom stereocenters. The molecule has 2 fully saturated rings. The van der Waals surface area contributed by atoms with E-state index in [9.17, 15) is 9.59 Å². The van der Waals surface area contributed by atoms with Gasteiger partial charge in [0, 0.05) is 30.4 Å². The number of nitrogens with one attached hydrogen (secondary N) is 1. The van der Waals surface area contributed by atoms with Gasteiger partial charge in [0.1, 0.15) is 0 Å². The summed E-state index contributed by atoms with van der Waals surface area (Å²) in [5.41, 5.74) is 1.23. The van der Waals surface area contributed by atoms with Gasteiger partial charge in [-0.2, -0.15) is 0 Å². The van der Waals surface area contributed by atoms with E-state index < -0.39 is 0 Å². The van der Waals surface area contributed by atoms with Crippen LogP contribution in [-0.2, 0) is 17.6 Å². The molecule has 3 aliphatic rings. The first-order chi connectivity index (χ1) is 14.2. The zero-order valence-corrected chi connectivity index (χ0v) is 18.4. The van der Waals surface area contributed by atoms with Crippen LogP contribution >= 0.6 is 11.3 Å². The summed E-state index contributed by atoms with van der Waals surface area (Å²) in [6.07, 6.45) is 11.0. The summed E-state index contributed by atoms with van der Waals surface area (Å²) < 4.78 is 0. The topological polar surface area (TPSA) is 52.7 Å². The quantitative estimate of drug-likeness (QED) is 0.721. The minimum Gasteiger partial charge on any atom is -0.356 e. The minimum absolute atomic E-state index is 0.0602. The van der Waals surface area contributed by atoms with Gasteiger partial charge in [-0.05, 0) is 82.6 Å². The van der Waals surface area contributed by atoms with E-state index in [1.54, 1.807) is 11.3 Å². The molecule has 29 heavy (non-hydrogen) atoms. The Hall–Kier alpha value is -1.40. The number of hydrogen-bond donors (Lipinski definition) is 1. The van der Waals surface area contributed by atoms with Crippen molar-refractivity contribution < 1.29 is 9.59 Å². The summed E-state index contributed by atoms with van der Waals surface area (Å²) in [5.74, 6) is 0.461. The number of nitrogens with zero attached hydrogens (tertiary/aromatic N) is 2. The van der Waals surface area contributed by atoms with Crippen molar-refractivity contribution in [2.75, 3.05) is 39.3 Å². The number of hydrogen-bond acceptors (Lipinski definition) is 4. The van der Waals surface area contributed by atoms with Gasteiger partial charge in [0.15, 0.2) is 0 Å². The number of fused-ring (bicyclic) bond motifs is 1. The average Bonchev–Trinajstić information content (AvgIpc) is 3.33. The monoisotopic (exact) mass is 417 g/mol. The van der Waals surface area contributed by atoms with Crippen LogP contribution in [0.4, 0.5) is 0 Å². The number of thiophene rings is 1. The molecule has 6 heteroatoms. The Bertz CT molecular complexity index is 703. The average molecular weight is 418 g/mol. The minimum atomic E-state index is 0.0602. The summed E-state index contributed by atoms with van der Waals surface area (Å²) in [6, 6.07) is 2.08. The predicted molar refractivity (Wildman–Crippen MR) is 118 cm³/mol. The van der Waals surface area contributed by atoms with Gasteiger partial charge < -0.3 is 15.1 Å². The number of carbonyl (C=O) groups excluding carboxylic acids is 2. The Kier molecular flexibility index (Phi) is 7.24. The van der Waals surface area contributed by atoms with Gasteiger partial charge in [-0.3, -0.25) is 9.59 Å². The van der Waals surface area contributed by atoms with E-state index in [0.717, 1.165) is 69.6 Å². The largest absolute Gasteiger partial charge is 0.356 e. The molecule has 0 bridgehead atoms. The van der Waals surface area contributed by atoms with E-state index in [-0.39, 0.29) is 17.7 Å². The number of amides is 2. The molecule has 1 aliphatic carbocycles. The molecule has 0 saturated carbocycles. The van der Waals surface area contributed by atoms with Crippen molar-refractivity contribution in [3.8, 4) is 0 Å². The van der Waals surface area contributed by atoms with Crippen molar-refractivity contribution in [1.29, 1.82) is 0 Å². The molecule has 0 spiro atoms. The van der Waals surface area contributed by atoms with Crippen molar-refractivity contribution in [3.05, 3.63) is 21.4 Å². The Morgan fingerprint density at radius 3 is 2.52 bits per heavy atom. The molecule has 0 radical (unpaired) electrons. The third kappa shape index (κ3) is 5.40. The van der Waals surface area contributed by atoms with E-state index in [0.29, 0.717) is 0 Å². The molecule has 2 saturated heterocycles. The maximum atomic E-state index is 12.9. The Labute approximate surface area is 178 Å². The molecule has 0 aromatic carbocycles. The first kappa shape index (κ1) is 20.9. The Morgan fingerprint density at radius 2 is 1.76 bits per heavy atom. The van der Waals surface area contributed by atoms with Crippen LogP contribution in [0.3, 0.4) is 0 Å². The number of likely N-dealkylation sites (tertiary alicyclic amines) is 2. The van der Waals surface area contributed by atoms with Gasteiger partial charge in [0.05, 0.1) is 4.88 Å². The summed E-state index contributed by atoms with van der Waals surface area (Å²) in [6.45, 7) is 6.10. The van der Waals surface area contributed by atoms with Gasteiger partial charge in [-0.25, -0.2) is 0 Å². The molecule has 160 valence electrons. The van der Waals surface area contributed by atoms with Crippen molar-refractivity contribution in [2.45, 2.75) is 64.2 Å². The number of carbonyl (C=O) groups is 2. The predicted octanol–water partition coefficient (Wildman–Crippen LogP) is 3.47. The van der Waals surface area contributed by atoms with Crippen LogP contribution in [0.5, 0.6) is 0 Å². The number of aryl methyl sites for hydroxylation is 1. The van der Waals surface area contributed by atoms with Crippen LogP contribution in [0.25, 0.3) is 0 Å². The van der Waals surface area contributed by atoms with Crippen LogP contribution in [0.2, 0.25) is 0 Å². The van der Waals surface area contributed by atoms with Gasteiger partial charge in [-0.1, -0.05) is 12.8 Å². The third-order valence-electron chi connectivity index (χ3n) is 6.71. The fourth-order valence-corrected chi connectivity index (χ4v) is 6.12. The van der Waals surface area contributed by atoms with E-state index in [1.807, 2.05) is 4.90 Å². The SMILES string of the molecule is O=C(NCCCN1CCCC1)[C@@H]1CCc2sc(C(=O)N3CCCCCC3)cc2C1. The fraction of sp³-hybridized carbons (Fsp3) is 0.739. The highest BCUT2D eigenvalue weighted by Crippen LogP contribution is 2.33. The van der Waals surface area contributed by atoms with Crippen LogP contribution in [0, 0.1) is 5.92 Å². The lowest BCUT2D eigenvalue weighted by molar-refractivity contribution is -0.125. The molecule has 2 amide bonds. The molecular formula is C23H35N3O2S. The second kappa shape index (κ2) is 10.1. The van der Waals surface area contributed by atoms with Crippen molar-refractivity contribution in [1.82, 2.24) is 15.1 Å². The highest BCUT2D eigenvalue weighted by Gasteiger charge is 2.28. The summed E-state index contributed by atoms with van der Waals surface area (Å²) in [4.78, 5) is 32.3. The van der Waals surface area contributed by atoms with Crippen molar-refractivity contribution in [3.63, 3.8) is 0 Å². The smallest absolute Gasteiger partial charge is 0.263 e. The summed E-state index contributed by atoms with van der Waals surface area (Å²) >= 11 is 1.66. The van der Waals surface area contributed by atoms with Crippen LogP contribution in [-0.4, -0.2) is 60.9 Å². The lowest BCUT2D eigenvalue weighted by atomic mass is 9.87. The molecule has 1 atom stereocenters. The molecule has 2 aliphatic heterocycles. The first-order valence-electron chi connectivity index (χ1n) is 11.6. The van der Waals surface area contributed by atoms with E-state index >= 15 is 0 Å². The standard InChI is InChI=1S/C23H35N3O2S/c27-22(24-10-7-13-25-11-5-6-12-25)18-8-9-20-19(16-18)17-21(29-20)23(28)26-14-3-1-2-4-15-26/h17-18H,1-16H2,(H,24,27)/t18-/m1/s1. The fourth-order valence-electron chi connectivity index (χ4n) is 4.95. The third-order valence-corrected chi connectivity index (χ3v) is 7.93. The zero-order chi connectivity index (χ0) is 20.1. The molecular weight excluding hydrogens is 382 g/mol.